The second-order valence-corrected chi connectivity index (χ2v) is 6.50. The number of benzene rings is 1. The molecule has 0 unspecified atom stereocenters. The number of carboxylic acid groups (broad SMARTS) is 2. The zero-order chi connectivity index (χ0) is 19.4. The van der Waals surface area contributed by atoms with Gasteiger partial charge in [-0.1, -0.05) is 30.3 Å². The summed E-state index contributed by atoms with van der Waals surface area (Å²) in [7, 11) is 0. The van der Waals surface area contributed by atoms with Crippen molar-refractivity contribution in [2.24, 2.45) is 5.92 Å². The van der Waals surface area contributed by atoms with Gasteiger partial charge >= 0.3 is 11.9 Å². The minimum atomic E-state index is -1.17. The average Bonchev–Trinajstić information content (AvgIpc) is 3.28. The lowest BCUT2D eigenvalue weighted by Crippen LogP contribution is -2.36. The number of nitrogens with one attached hydrogen (secondary N) is 1. The van der Waals surface area contributed by atoms with Crippen molar-refractivity contribution in [2.75, 3.05) is 19.6 Å². The first-order valence-electron chi connectivity index (χ1n) is 8.53. The first-order valence-corrected chi connectivity index (χ1v) is 8.53. The van der Waals surface area contributed by atoms with Crippen LogP contribution in [0.3, 0.4) is 0 Å². The van der Waals surface area contributed by atoms with Gasteiger partial charge in [0.15, 0.2) is 0 Å². The molecule has 0 spiro atoms. The van der Waals surface area contributed by atoms with Crippen LogP contribution in [0, 0.1) is 5.92 Å². The molecule has 142 valence electrons. The van der Waals surface area contributed by atoms with Gasteiger partial charge in [-0.15, -0.1) is 0 Å². The maximum absolute atomic E-state index is 12.2. The summed E-state index contributed by atoms with van der Waals surface area (Å²) < 4.78 is 5.08. The molecule has 0 aliphatic carbocycles. The molecule has 1 aliphatic rings. The van der Waals surface area contributed by atoms with Gasteiger partial charge in [0.1, 0.15) is 5.76 Å². The van der Waals surface area contributed by atoms with Gasteiger partial charge in [-0.2, -0.15) is 0 Å². The molecule has 0 saturated carbocycles. The molecule has 8 nitrogen and oxygen atoms in total. The Bertz CT molecular complexity index is 832. The van der Waals surface area contributed by atoms with E-state index in [1.807, 2.05) is 35.2 Å². The van der Waals surface area contributed by atoms with E-state index in [4.69, 9.17) is 9.52 Å². The van der Waals surface area contributed by atoms with Crippen LogP contribution in [0.4, 0.5) is 0 Å². The third-order valence-corrected chi connectivity index (χ3v) is 4.64. The van der Waals surface area contributed by atoms with Gasteiger partial charge in [-0.25, -0.2) is 4.79 Å². The fraction of sp³-hybridized carbons (Fsp3) is 0.316. The summed E-state index contributed by atoms with van der Waals surface area (Å²) in [6, 6.07) is 12.3. The molecule has 1 aliphatic heterocycles. The van der Waals surface area contributed by atoms with Gasteiger partial charge in [0.05, 0.1) is 19.0 Å². The van der Waals surface area contributed by atoms with E-state index in [0.29, 0.717) is 18.8 Å². The van der Waals surface area contributed by atoms with Gasteiger partial charge in [-0.3, -0.25) is 14.5 Å². The van der Waals surface area contributed by atoms with Gasteiger partial charge in [0, 0.05) is 19.0 Å². The Hall–Kier alpha value is -3.13. The zero-order valence-electron chi connectivity index (χ0n) is 14.5. The highest BCUT2D eigenvalue weighted by Gasteiger charge is 2.38. The highest BCUT2D eigenvalue weighted by atomic mass is 16.4. The molecule has 1 saturated heterocycles. The molecule has 1 aromatic heterocycles. The summed E-state index contributed by atoms with van der Waals surface area (Å²) in [5, 5.41) is 21.0. The number of amides is 1. The summed E-state index contributed by atoms with van der Waals surface area (Å²) in [4.78, 5) is 36.4. The second-order valence-electron chi connectivity index (χ2n) is 6.50. The summed E-state index contributed by atoms with van der Waals surface area (Å²) in [6.45, 7) is 0.925. The number of furan rings is 1. The second kappa shape index (κ2) is 8.05. The van der Waals surface area contributed by atoms with Gasteiger partial charge < -0.3 is 19.9 Å². The number of hydrogen-bond donors (Lipinski definition) is 3. The largest absolute Gasteiger partial charge is 0.481 e. The number of carbonyl (C=O) groups is 3. The smallest absolute Gasteiger partial charge is 0.371 e. The molecule has 1 amide bonds. The Morgan fingerprint density at radius 1 is 1.07 bits per heavy atom. The Morgan fingerprint density at radius 2 is 1.81 bits per heavy atom. The molecule has 0 radical (unpaired) electrons. The van der Waals surface area contributed by atoms with Crippen molar-refractivity contribution in [3.63, 3.8) is 0 Å². The predicted molar refractivity (Wildman–Crippen MR) is 94.3 cm³/mol. The Balaban J connectivity index is 1.56. The Morgan fingerprint density at radius 3 is 2.44 bits per heavy atom. The van der Waals surface area contributed by atoms with Crippen molar-refractivity contribution in [3.05, 3.63) is 59.5 Å². The lowest BCUT2D eigenvalue weighted by Gasteiger charge is -2.15. The monoisotopic (exact) mass is 372 g/mol. The number of nitrogens with zero attached hydrogens (tertiary/aromatic N) is 1. The summed E-state index contributed by atoms with van der Waals surface area (Å²) in [5.74, 6) is -2.90. The van der Waals surface area contributed by atoms with E-state index in [-0.39, 0.29) is 30.7 Å². The Kier molecular flexibility index (Phi) is 5.56. The number of carboxylic acids is 2. The molecule has 2 atom stereocenters. The number of likely N-dealkylation sites (tertiary alicyclic amines) is 1. The lowest BCUT2D eigenvalue weighted by atomic mass is 9.89. The molecule has 8 heteroatoms. The van der Waals surface area contributed by atoms with Crippen LogP contribution in [0.1, 0.15) is 27.8 Å². The average molecular weight is 372 g/mol. The molecule has 1 fully saturated rings. The summed E-state index contributed by atoms with van der Waals surface area (Å²) in [6.07, 6.45) is 0. The SMILES string of the molecule is O=C(CN1C[C@@H](C(=O)O)[C@H](c2ccccc2)C1)NCc1ccc(C(=O)O)o1. The highest BCUT2D eigenvalue weighted by Crippen LogP contribution is 2.32. The highest BCUT2D eigenvalue weighted by molar-refractivity contribution is 5.84. The van der Waals surface area contributed by atoms with E-state index in [2.05, 4.69) is 5.32 Å². The predicted octanol–water partition coefficient (Wildman–Crippen LogP) is 1.39. The van der Waals surface area contributed by atoms with Crippen molar-refractivity contribution in [1.82, 2.24) is 10.2 Å². The van der Waals surface area contributed by atoms with Crippen molar-refractivity contribution < 1.29 is 29.0 Å². The van der Waals surface area contributed by atoms with E-state index in [1.165, 1.54) is 12.1 Å². The van der Waals surface area contributed by atoms with Crippen LogP contribution >= 0.6 is 0 Å². The minimum absolute atomic E-state index is 0.0691. The molecule has 1 aromatic carbocycles. The fourth-order valence-electron chi connectivity index (χ4n) is 3.34. The Labute approximate surface area is 155 Å². The van der Waals surface area contributed by atoms with E-state index in [9.17, 15) is 19.5 Å². The lowest BCUT2D eigenvalue weighted by molar-refractivity contribution is -0.141. The normalized spacial score (nSPS) is 19.7. The number of hydrogen-bond acceptors (Lipinski definition) is 5. The van der Waals surface area contributed by atoms with Gasteiger partial charge in [0.2, 0.25) is 11.7 Å². The standard InChI is InChI=1S/C19H20N2O6/c22-17(20-8-13-6-7-16(27-13)19(25)26)11-21-9-14(15(10-21)18(23)24)12-4-2-1-3-5-12/h1-7,14-15H,8-11H2,(H,20,22)(H,23,24)(H,25,26)/t14-,15+/m0/s1. The third-order valence-electron chi connectivity index (χ3n) is 4.64. The van der Waals surface area contributed by atoms with Crippen LogP contribution in [0.5, 0.6) is 0 Å². The molecular weight excluding hydrogens is 352 g/mol. The van der Waals surface area contributed by atoms with Crippen LogP contribution in [0.15, 0.2) is 46.9 Å². The number of aromatic carboxylic acids is 1. The maximum Gasteiger partial charge on any atom is 0.371 e. The van der Waals surface area contributed by atoms with Crippen LogP contribution in [0.2, 0.25) is 0 Å². The van der Waals surface area contributed by atoms with E-state index < -0.39 is 17.9 Å². The first kappa shape index (κ1) is 18.7. The van der Waals surface area contributed by atoms with Crippen LogP contribution in [0.25, 0.3) is 0 Å². The molecule has 0 bridgehead atoms. The molecule has 3 rings (SSSR count). The van der Waals surface area contributed by atoms with Gasteiger partial charge in [0.25, 0.3) is 0 Å². The molecule has 27 heavy (non-hydrogen) atoms. The molecule has 2 heterocycles. The number of carbonyl (C=O) groups excluding carboxylic acids is 1. The third kappa shape index (κ3) is 4.53. The minimum Gasteiger partial charge on any atom is -0.481 e. The molecule has 2 aromatic rings. The van der Waals surface area contributed by atoms with E-state index >= 15 is 0 Å². The van der Waals surface area contributed by atoms with Gasteiger partial charge in [-0.05, 0) is 17.7 Å². The van der Waals surface area contributed by atoms with E-state index in [0.717, 1.165) is 5.56 Å². The van der Waals surface area contributed by atoms with Crippen molar-refractivity contribution in [2.45, 2.75) is 12.5 Å². The first-order chi connectivity index (χ1) is 12.9. The van der Waals surface area contributed by atoms with Crippen molar-refractivity contribution in [3.8, 4) is 0 Å². The topological polar surface area (TPSA) is 120 Å². The van der Waals surface area contributed by atoms with Crippen molar-refractivity contribution >= 4 is 17.8 Å². The van der Waals surface area contributed by atoms with Crippen molar-refractivity contribution in [1.29, 1.82) is 0 Å². The number of rotatable bonds is 7. The van der Waals surface area contributed by atoms with Crippen LogP contribution in [-0.4, -0.2) is 52.6 Å². The van der Waals surface area contributed by atoms with Crippen LogP contribution < -0.4 is 5.32 Å². The quantitative estimate of drug-likeness (QED) is 0.672. The van der Waals surface area contributed by atoms with Crippen LogP contribution in [-0.2, 0) is 16.1 Å². The summed E-state index contributed by atoms with van der Waals surface area (Å²) in [5.41, 5.74) is 0.949. The summed E-state index contributed by atoms with van der Waals surface area (Å²) >= 11 is 0. The van der Waals surface area contributed by atoms with E-state index in [1.54, 1.807) is 0 Å². The number of aliphatic carboxylic acids is 1. The maximum atomic E-state index is 12.2. The zero-order valence-corrected chi connectivity index (χ0v) is 14.5. The molecule has 3 N–H and O–H groups in total. The fourth-order valence-corrected chi connectivity index (χ4v) is 3.34. The molecular formula is C19H20N2O6.